The zero-order valence-corrected chi connectivity index (χ0v) is 8.19. The zero-order valence-electron chi connectivity index (χ0n) is 8.19. The number of hydrogen-bond acceptors (Lipinski definition) is 2. The Balaban J connectivity index is 2.92. The van der Waals surface area contributed by atoms with E-state index in [0.717, 1.165) is 10.9 Å². The van der Waals surface area contributed by atoms with E-state index in [0.29, 0.717) is 5.39 Å². The smallest absolute Gasteiger partial charge is 0.336 e. The summed E-state index contributed by atoms with van der Waals surface area (Å²) < 4.78 is 0. The van der Waals surface area contributed by atoms with Gasteiger partial charge in [0, 0.05) is 0 Å². The van der Waals surface area contributed by atoms with Crippen molar-refractivity contribution in [3.05, 3.63) is 41.5 Å². The molecule has 0 fully saturated rings. The van der Waals surface area contributed by atoms with Gasteiger partial charge in [0.1, 0.15) is 5.75 Å². The standard InChI is InChI=1S/C12H10O3/c1-7-3-2-4-9-10(7)5-8(13)6-11(9)12(14)15/h2-6,13H,1H3,(H,14,15). The second-order valence-corrected chi connectivity index (χ2v) is 3.47. The molecule has 2 N–H and O–H groups in total. The third-order valence-corrected chi connectivity index (χ3v) is 2.43. The number of aromatic carboxylic acids is 1. The van der Waals surface area contributed by atoms with Crippen molar-refractivity contribution in [1.82, 2.24) is 0 Å². The van der Waals surface area contributed by atoms with Gasteiger partial charge in [0.25, 0.3) is 0 Å². The fourth-order valence-electron chi connectivity index (χ4n) is 1.70. The van der Waals surface area contributed by atoms with Crippen LogP contribution in [0.1, 0.15) is 15.9 Å². The van der Waals surface area contributed by atoms with Crippen molar-refractivity contribution in [3.63, 3.8) is 0 Å². The average molecular weight is 202 g/mol. The normalized spacial score (nSPS) is 10.5. The Morgan fingerprint density at radius 1 is 1.20 bits per heavy atom. The van der Waals surface area contributed by atoms with Crippen molar-refractivity contribution >= 4 is 16.7 Å². The first kappa shape index (κ1) is 9.52. The second-order valence-electron chi connectivity index (χ2n) is 3.47. The van der Waals surface area contributed by atoms with E-state index in [9.17, 15) is 9.90 Å². The summed E-state index contributed by atoms with van der Waals surface area (Å²) in [6.45, 7) is 1.88. The molecule has 0 saturated heterocycles. The summed E-state index contributed by atoms with van der Waals surface area (Å²) in [6.07, 6.45) is 0. The summed E-state index contributed by atoms with van der Waals surface area (Å²) in [5.74, 6) is -1.05. The van der Waals surface area contributed by atoms with Crippen LogP contribution in [0.4, 0.5) is 0 Å². The maximum atomic E-state index is 11.0. The molecule has 2 aromatic rings. The maximum absolute atomic E-state index is 11.0. The third-order valence-electron chi connectivity index (χ3n) is 2.43. The van der Waals surface area contributed by atoms with Gasteiger partial charge in [-0.15, -0.1) is 0 Å². The van der Waals surface area contributed by atoms with Crippen LogP contribution in [0, 0.1) is 6.92 Å². The minimum absolute atomic E-state index is 0.0193. The highest BCUT2D eigenvalue weighted by Gasteiger charge is 2.10. The lowest BCUT2D eigenvalue weighted by Crippen LogP contribution is -1.97. The molecule has 0 heterocycles. The lowest BCUT2D eigenvalue weighted by molar-refractivity contribution is 0.0698. The quantitative estimate of drug-likeness (QED) is 0.747. The lowest BCUT2D eigenvalue weighted by Gasteiger charge is -2.06. The number of carboxylic acids is 1. The van der Waals surface area contributed by atoms with Crippen molar-refractivity contribution in [3.8, 4) is 5.75 Å². The predicted molar refractivity (Wildman–Crippen MR) is 57.3 cm³/mol. The first-order valence-electron chi connectivity index (χ1n) is 4.55. The van der Waals surface area contributed by atoms with Gasteiger partial charge in [-0.25, -0.2) is 4.79 Å². The van der Waals surface area contributed by atoms with Crippen molar-refractivity contribution in [2.24, 2.45) is 0 Å². The molecular weight excluding hydrogens is 192 g/mol. The number of benzene rings is 2. The Morgan fingerprint density at radius 3 is 2.60 bits per heavy atom. The average Bonchev–Trinajstić information content (AvgIpc) is 2.18. The molecule has 0 bridgehead atoms. The first-order chi connectivity index (χ1) is 7.09. The molecule has 0 spiro atoms. The Bertz CT molecular complexity index is 544. The van der Waals surface area contributed by atoms with E-state index in [2.05, 4.69) is 0 Å². The van der Waals surface area contributed by atoms with Gasteiger partial charge in [0.05, 0.1) is 5.56 Å². The van der Waals surface area contributed by atoms with Crippen LogP contribution in [0.25, 0.3) is 10.8 Å². The SMILES string of the molecule is Cc1cccc2c(C(=O)O)cc(O)cc12. The summed E-state index contributed by atoms with van der Waals surface area (Å²) in [5.41, 5.74) is 1.08. The van der Waals surface area contributed by atoms with E-state index in [1.807, 2.05) is 13.0 Å². The monoisotopic (exact) mass is 202 g/mol. The molecule has 2 rings (SSSR count). The number of fused-ring (bicyclic) bond motifs is 1. The molecule has 0 aliphatic heterocycles. The number of phenolic OH excluding ortho intramolecular Hbond substituents is 1. The molecule has 0 amide bonds. The molecule has 0 atom stereocenters. The molecule has 0 aliphatic rings. The molecule has 0 unspecified atom stereocenters. The van der Waals surface area contributed by atoms with Crippen molar-refractivity contribution in [2.45, 2.75) is 6.92 Å². The van der Waals surface area contributed by atoms with Crippen LogP contribution in [0.15, 0.2) is 30.3 Å². The largest absolute Gasteiger partial charge is 0.508 e. The minimum Gasteiger partial charge on any atom is -0.508 e. The molecule has 15 heavy (non-hydrogen) atoms. The molecule has 2 aromatic carbocycles. The van der Waals surface area contributed by atoms with Crippen molar-refractivity contribution in [2.75, 3.05) is 0 Å². The van der Waals surface area contributed by atoms with Gasteiger partial charge in [-0.2, -0.15) is 0 Å². The van der Waals surface area contributed by atoms with Crippen LogP contribution in [0.2, 0.25) is 0 Å². The van der Waals surface area contributed by atoms with Crippen LogP contribution < -0.4 is 0 Å². The third kappa shape index (κ3) is 1.52. The second kappa shape index (κ2) is 3.28. The Kier molecular flexibility index (Phi) is 2.08. The van der Waals surface area contributed by atoms with Crippen LogP contribution >= 0.6 is 0 Å². The number of carboxylic acid groups (broad SMARTS) is 1. The van der Waals surface area contributed by atoms with Crippen molar-refractivity contribution < 1.29 is 15.0 Å². The molecule has 0 aliphatic carbocycles. The lowest BCUT2D eigenvalue weighted by atomic mass is 10.0. The fraction of sp³-hybridized carbons (Fsp3) is 0.0833. The number of hydrogen-bond donors (Lipinski definition) is 2. The molecular formula is C12H10O3. The van der Waals surface area contributed by atoms with Gasteiger partial charge in [0.15, 0.2) is 0 Å². The summed E-state index contributed by atoms with van der Waals surface area (Å²) in [7, 11) is 0. The van der Waals surface area contributed by atoms with Gasteiger partial charge in [0.2, 0.25) is 0 Å². The van der Waals surface area contributed by atoms with Gasteiger partial charge in [-0.1, -0.05) is 18.2 Å². The Morgan fingerprint density at radius 2 is 1.93 bits per heavy atom. The number of aromatic hydroxyl groups is 1. The van der Waals surface area contributed by atoms with E-state index >= 15 is 0 Å². The molecule has 0 aromatic heterocycles. The van der Waals surface area contributed by atoms with Crippen molar-refractivity contribution in [1.29, 1.82) is 0 Å². The van der Waals surface area contributed by atoms with Crippen LogP contribution in [-0.4, -0.2) is 16.2 Å². The van der Waals surface area contributed by atoms with E-state index in [4.69, 9.17) is 5.11 Å². The molecule has 76 valence electrons. The van der Waals surface area contributed by atoms with Gasteiger partial charge >= 0.3 is 5.97 Å². The predicted octanol–water partition coefficient (Wildman–Crippen LogP) is 2.55. The zero-order chi connectivity index (χ0) is 11.0. The van der Waals surface area contributed by atoms with E-state index in [-0.39, 0.29) is 11.3 Å². The van der Waals surface area contributed by atoms with Crippen LogP contribution in [0.5, 0.6) is 5.75 Å². The number of rotatable bonds is 1. The van der Waals surface area contributed by atoms with E-state index < -0.39 is 5.97 Å². The van der Waals surface area contributed by atoms with E-state index in [1.165, 1.54) is 6.07 Å². The highest BCUT2D eigenvalue weighted by molar-refractivity contribution is 6.05. The minimum atomic E-state index is -1.03. The van der Waals surface area contributed by atoms with Crippen LogP contribution in [-0.2, 0) is 0 Å². The summed E-state index contributed by atoms with van der Waals surface area (Å²) in [6, 6.07) is 8.28. The Labute approximate surface area is 86.6 Å². The van der Waals surface area contributed by atoms with Gasteiger partial charge in [-0.3, -0.25) is 0 Å². The highest BCUT2D eigenvalue weighted by atomic mass is 16.4. The molecule has 3 nitrogen and oxygen atoms in total. The van der Waals surface area contributed by atoms with Gasteiger partial charge in [-0.05, 0) is 35.4 Å². The molecule has 0 saturated carbocycles. The number of carbonyl (C=O) groups is 1. The summed E-state index contributed by atoms with van der Waals surface area (Å²) >= 11 is 0. The van der Waals surface area contributed by atoms with Gasteiger partial charge < -0.3 is 10.2 Å². The molecule has 0 radical (unpaired) electrons. The van der Waals surface area contributed by atoms with E-state index in [1.54, 1.807) is 18.2 Å². The van der Waals surface area contributed by atoms with Crippen LogP contribution in [0.3, 0.4) is 0 Å². The number of phenols is 1. The topological polar surface area (TPSA) is 57.5 Å². The summed E-state index contributed by atoms with van der Waals surface area (Å²) in [5, 5.41) is 19.8. The fourth-order valence-corrected chi connectivity index (χ4v) is 1.70. The summed E-state index contributed by atoms with van der Waals surface area (Å²) in [4.78, 5) is 11.0. The number of aryl methyl sites for hydroxylation is 1. The Hall–Kier alpha value is -2.03. The first-order valence-corrected chi connectivity index (χ1v) is 4.55. The molecule has 3 heteroatoms. The highest BCUT2D eigenvalue weighted by Crippen LogP contribution is 2.27. The maximum Gasteiger partial charge on any atom is 0.336 e.